The number of benzene rings is 2. The zero-order valence-corrected chi connectivity index (χ0v) is 17.2. The maximum Gasteiger partial charge on any atom is 0.344 e. The number of thioether (sulfide) groups is 1. The second-order valence-corrected chi connectivity index (χ2v) is 6.95. The lowest BCUT2D eigenvalue weighted by Gasteiger charge is -2.08. The van der Waals surface area contributed by atoms with Crippen LogP contribution in [0, 0.1) is 0 Å². The molecule has 150 valence electrons. The Hall–Kier alpha value is -3.19. The number of ether oxygens (including phenoxy) is 3. The van der Waals surface area contributed by atoms with Crippen molar-refractivity contribution in [3.63, 3.8) is 0 Å². The summed E-state index contributed by atoms with van der Waals surface area (Å²) in [7, 11) is 3.13. The van der Waals surface area contributed by atoms with Gasteiger partial charge >= 0.3 is 5.97 Å². The van der Waals surface area contributed by atoms with Crippen molar-refractivity contribution in [2.45, 2.75) is 6.92 Å². The van der Waals surface area contributed by atoms with E-state index in [1.54, 1.807) is 39.4 Å². The molecule has 0 unspecified atom stereocenters. The molecule has 0 aliphatic carbocycles. The Morgan fingerprint density at radius 3 is 2.55 bits per heavy atom. The highest BCUT2D eigenvalue weighted by atomic mass is 32.2. The first kappa shape index (κ1) is 20.5. The van der Waals surface area contributed by atoms with Gasteiger partial charge in [0.05, 0.1) is 31.4 Å². The molecule has 3 rings (SSSR count). The van der Waals surface area contributed by atoms with Crippen molar-refractivity contribution < 1.29 is 24.1 Å². The highest BCUT2D eigenvalue weighted by molar-refractivity contribution is 8.18. The van der Waals surface area contributed by atoms with Gasteiger partial charge in [0.15, 0.2) is 0 Å². The minimum atomic E-state index is -0.614. The lowest BCUT2D eigenvalue weighted by Crippen LogP contribution is -2.12. The summed E-state index contributed by atoms with van der Waals surface area (Å²) < 4.78 is 15.8. The molecule has 1 aliphatic heterocycles. The molecule has 0 spiro atoms. The van der Waals surface area contributed by atoms with Gasteiger partial charge in [0, 0.05) is 11.6 Å². The zero-order valence-electron chi connectivity index (χ0n) is 16.3. The van der Waals surface area contributed by atoms with Gasteiger partial charge in [-0.2, -0.15) is 0 Å². The predicted molar refractivity (Wildman–Crippen MR) is 115 cm³/mol. The number of aliphatic hydroxyl groups is 1. The summed E-state index contributed by atoms with van der Waals surface area (Å²) in [6.07, 6.45) is 1.74. The summed E-state index contributed by atoms with van der Waals surface area (Å²) in [6, 6.07) is 14.6. The van der Waals surface area contributed by atoms with E-state index in [2.05, 4.69) is 4.99 Å². The van der Waals surface area contributed by atoms with Crippen LogP contribution >= 0.6 is 11.8 Å². The van der Waals surface area contributed by atoms with Gasteiger partial charge < -0.3 is 19.3 Å². The van der Waals surface area contributed by atoms with Crippen LogP contribution in [0.25, 0.3) is 6.08 Å². The first-order valence-electron chi connectivity index (χ1n) is 8.93. The number of methoxy groups -OCH3 is 2. The van der Waals surface area contributed by atoms with Crippen LogP contribution in [0.1, 0.15) is 12.5 Å². The Morgan fingerprint density at radius 1 is 1.14 bits per heavy atom. The van der Waals surface area contributed by atoms with Gasteiger partial charge in [-0.15, -0.1) is 0 Å². The summed E-state index contributed by atoms with van der Waals surface area (Å²) >= 11 is 1.20. The van der Waals surface area contributed by atoms with Crippen LogP contribution in [0.4, 0.5) is 5.69 Å². The lowest BCUT2D eigenvalue weighted by molar-refractivity contribution is -0.138. The van der Waals surface area contributed by atoms with Crippen molar-refractivity contribution in [1.29, 1.82) is 0 Å². The fourth-order valence-electron chi connectivity index (χ4n) is 2.69. The van der Waals surface area contributed by atoms with Crippen LogP contribution in [0.2, 0.25) is 0 Å². The SMILES string of the molecule is CCOC(=O)C1=C(O)C(=Cc2ccc(OC)cc2OC)SC1=Nc1ccccc1. The molecule has 2 aromatic carbocycles. The largest absolute Gasteiger partial charge is 0.506 e. The van der Waals surface area contributed by atoms with Crippen molar-refractivity contribution in [2.24, 2.45) is 4.99 Å². The summed E-state index contributed by atoms with van der Waals surface area (Å²) in [5, 5.41) is 11.1. The van der Waals surface area contributed by atoms with Crippen molar-refractivity contribution in [2.75, 3.05) is 20.8 Å². The third-order valence-electron chi connectivity index (χ3n) is 4.08. The van der Waals surface area contributed by atoms with Gasteiger partial charge in [0.1, 0.15) is 27.9 Å². The number of para-hydroxylation sites is 1. The summed E-state index contributed by atoms with van der Waals surface area (Å²) in [6.45, 7) is 1.91. The number of carbonyl (C=O) groups excluding carboxylic acids is 1. The Morgan fingerprint density at radius 2 is 1.90 bits per heavy atom. The predicted octanol–water partition coefficient (Wildman–Crippen LogP) is 4.90. The van der Waals surface area contributed by atoms with Gasteiger partial charge in [0.2, 0.25) is 0 Å². The molecule has 0 radical (unpaired) electrons. The molecular weight excluding hydrogens is 390 g/mol. The van der Waals surface area contributed by atoms with Gasteiger partial charge in [-0.3, -0.25) is 0 Å². The second-order valence-electron chi connectivity index (χ2n) is 5.92. The van der Waals surface area contributed by atoms with E-state index in [4.69, 9.17) is 14.2 Å². The number of aliphatic hydroxyl groups excluding tert-OH is 1. The van der Waals surface area contributed by atoms with Crippen molar-refractivity contribution in [3.05, 3.63) is 70.3 Å². The Bertz CT molecular complexity index is 996. The van der Waals surface area contributed by atoms with E-state index in [-0.39, 0.29) is 17.9 Å². The Labute approximate surface area is 173 Å². The van der Waals surface area contributed by atoms with Crippen LogP contribution < -0.4 is 9.47 Å². The van der Waals surface area contributed by atoms with E-state index in [0.29, 0.717) is 27.1 Å². The molecule has 0 saturated heterocycles. The van der Waals surface area contributed by atoms with E-state index in [1.807, 2.05) is 36.4 Å². The molecule has 1 aliphatic rings. The topological polar surface area (TPSA) is 77.4 Å². The fourth-order valence-corrected chi connectivity index (χ4v) is 3.72. The van der Waals surface area contributed by atoms with Gasteiger partial charge in [-0.05, 0) is 37.3 Å². The van der Waals surface area contributed by atoms with Crippen LogP contribution in [-0.4, -0.2) is 36.9 Å². The van der Waals surface area contributed by atoms with Crippen LogP contribution in [-0.2, 0) is 9.53 Å². The molecule has 1 heterocycles. The van der Waals surface area contributed by atoms with Gasteiger partial charge in [-0.1, -0.05) is 30.0 Å². The third kappa shape index (κ3) is 4.63. The molecule has 0 saturated carbocycles. The van der Waals surface area contributed by atoms with Crippen LogP contribution in [0.15, 0.2) is 69.8 Å². The van der Waals surface area contributed by atoms with E-state index in [1.165, 1.54) is 11.8 Å². The van der Waals surface area contributed by atoms with E-state index < -0.39 is 5.97 Å². The van der Waals surface area contributed by atoms with E-state index in [0.717, 1.165) is 5.56 Å². The van der Waals surface area contributed by atoms with Gasteiger partial charge in [0.25, 0.3) is 0 Å². The molecule has 0 aromatic heterocycles. The molecule has 7 heteroatoms. The maximum absolute atomic E-state index is 12.5. The summed E-state index contributed by atoms with van der Waals surface area (Å²) in [5.74, 6) is 0.455. The molecular formula is C22H21NO5S. The summed E-state index contributed by atoms with van der Waals surface area (Å²) in [5.41, 5.74) is 1.46. The quantitative estimate of drug-likeness (QED) is 0.682. The average Bonchev–Trinajstić information content (AvgIpc) is 3.04. The number of rotatable bonds is 6. The number of esters is 1. The lowest BCUT2D eigenvalue weighted by atomic mass is 10.1. The van der Waals surface area contributed by atoms with E-state index >= 15 is 0 Å². The molecule has 0 fully saturated rings. The standard InChI is InChI=1S/C22H21NO5S/c1-4-28-22(25)19-20(24)18(29-21(19)23-15-8-6-5-7-9-15)12-14-10-11-16(26-2)13-17(14)27-3/h5-13,24H,4H2,1-3H3. The van der Waals surface area contributed by atoms with Crippen LogP contribution in [0.5, 0.6) is 11.5 Å². The average molecular weight is 411 g/mol. The van der Waals surface area contributed by atoms with Crippen molar-refractivity contribution in [3.8, 4) is 11.5 Å². The number of hydrogen-bond donors (Lipinski definition) is 1. The van der Waals surface area contributed by atoms with Crippen molar-refractivity contribution in [1.82, 2.24) is 0 Å². The molecule has 0 bridgehead atoms. The smallest absolute Gasteiger partial charge is 0.344 e. The highest BCUT2D eigenvalue weighted by Gasteiger charge is 2.33. The first-order chi connectivity index (χ1) is 14.1. The summed E-state index contributed by atoms with van der Waals surface area (Å²) in [4.78, 5) is 17.5. The Kier molecular flexibility index (Phi) is 6.61. The Balaban J connectivity index is 2.06. The third-order valence-corrected chi connectivity index (χ3v) is 5.10. The molecule has 29 heavy (non-hydrogen) atoms. The molecule has 0 amide bonds. The molecule has 6 nitrogen and oxygen atoms in total. The fraction of sp³-hybridized carbons (Fsp3) is 0.182. The second kappa shape index (κ2) is 9.34. The normalized spacial score (nSPS) is 16.4. The number of nitrogens with zero attached hydrogens (tertiary/aromatic N) is 1. The minimum Gasteiger partial charge on any atom is -0.506 e. The number of carbonyl (C=O) groups is 1. The van der Waals surface area contributed by atoms with E-state index in [9.17, 15) is 9.90 Å². The van der Waals surface area contributed by atoms with Gasteiger partial charge in [-0.25, -0.2) is 9.79 Å². The van der Waals surface area contributed by atoms with Crippen LogP contribution in [0.3, 0.4) is 0 Å². The molecule has 2 aromatic rings. The highest BCUT2D eigenvalue weighted by Crippen LogP contribution is 2.41. The number of hydrogen-bond acceptors (Lipinski definition) is 7. The number of aliphatic imine (C=N–C) groups is 1. The minimum absolute atomic E-state index is 0.0550. The molecule has 0 atom stereocenters. The zero-order chi connectivity index (χ0) is 20.8. The molecule has 1 N–H and O–H groups in total. The maximum atomic E-state index is 12.5. The van der Waals surface area contributed by atoms with Crippen molar-refractivity contribution >= 4 is 34.5 Å². The monoisotopic (exact) mass is 411 g/mol. The first-order valence-corrected chi connectivity index (χ1v) is 9.75.